The van der Waals surface area contributed by atoms with E-state index in [1.165, 1.54) is 0 Å². The fourth-order valence-corrected chi connectivity index (χ4v) is 3.13. The fourth-order valence-electron chi connectivity index (χ4n) is 1.72. The molecular formula is C15H16ClNO3S. The Morgan fingerprint density at radius 1 is 1.00 bits per heavy atom. The number of alkyl halides is 1. The van der Waals surface area contributed by atoms with E-state index in [0.717, 1.165) is 0 Å². The van der Waals surface area contributed by atoms with Crippen molar-refractivity contribution in [1.29, 1.82) is 0 Å². The largest absolute Gasteiger partial charge is 0.457 e. The first-order valence-electron chi connectivity index (χ1n) is 6.48. The normalized spacial score (nSPS) is 11.1. The molecule has 112 valence electrons. The third-order valence-corrected chi connectivity index (χ3v) is 4.27. The molecule has 0 saturated heterocycles. The molecule has 0 bridgehead atoms. The third kappa shape index (κ3) is 5.28. The lowest BCUT2D eigenvalue weighted by atomic mass is 10.3. The molecule has 0 aliphatic rings. The summed E-state index contributed by atoms with van der Waals surface area (Å²) in [6, 6.07) is 16.1. The first kappa shape index (κ1) is 15.7. The van der Waals surface area contributed by atoms with E-state index in [9.17, 15) is 8.42 Å². The van der Waals surface area contributed by atoms with E-state index in [1.807, 2.05) is 30.3 Å². The molecule has 0 radical (unpaired) electrons. The van der Waals surface area contributed by atoms with Crippen molar-refractivity contribution in [3.8, 4) is 11.5 Å². The molecule has 0 atom stereocenters. The van der Waals surface area contributed by atoms with Gasteiger partial charge in [-0.2, -0.15) is 0 Å². The van der Waals surface area contributed by atoms with Crippen LogP contribution in [0.4, 0.5) is 5.69 Å². The lowest BCUT2D eigenvalue weighted by Gasteiger charge is -2.10. The molecular weight excluding hydrogens is 310 g/mol. The molecule has 0 spiro atoms. The summed E-state index contributed by atoms with van der Waals surface area (Å²) in [6.45, 7) is 0. The molecule has 0 aliphatic carbocycles. The van der Waals surface area contributed by atoms with E-state index in [1.54, 1.807) is 24.3 Å². The van der Waals surface area contributed by atoms with Gasteiger partial charge in [-0.3, -0.25) is 4.72 Å². The smallest absolute Gasteiger partial charge is 0.232 e. The minimum atomic E-state index is -3.38. The van der Waals surface area contributed by atoms with Crippen LogP contribution in [0, 0.1) is 0 Å². The number of benzene rings is 2. The second kappa shape index (κ2) is 7.33. The van der Waals surface area contributed by atoms with E-state index in [0.29, 0.717) is 29.5 Å². The summed E-state index contributed by atoms with van der Waals surface area (Å²) in [4.78, 5) is 0. The number of halogens is 1. The molecule has 0 unspecified atom stereocenters. The van der Waals surface area contributed by atoms with E-state index < -0.39 is 10.0 Å². The van der Waals surface area contributed by atoms with Crippen LogP contribution in [0.5, 0.6) is 11.5 Å². The quantitative estimate of drug-likeness (QED) is 0.787. The highest BCUT2D eigenvalue weighted by molar-refractivity contribution is 7.92. The summed E-state index contributed by atoms with van der Waals surface area (Å²) < 4.78 is 31.8. The second-order valence-electron chi connectivity index (χ2n) is 4.41. The Hall–Kier alpha value is -1.72. The average Bonchev–Trinajstić information content (AvgIpc) is 2.46. The zero-order valence-electron chi connectivity index (χ0n) is 11.3. The number of para-hydroxylation sites is 1. The maximum atomic E-state index is 11.8. The molecule has 2 rings (SSSR count). The highest BCUT2D eigenvalue weighted by Gasteiger charge is 2.10. The van der Waals surface area contributed by atoms with Gasteiger partial charge < -0.3 is 4.74 Å². The highest BCUT2D eigenvalue weighted by Crippen LogP contribution is 2.24. The van der Waals surface area contributed by atoms with Gasteiger partial charge in [0.05, 0.1) is 11.4 Å². The van der Waals surface area contributed by atoms with Crippen LogP contribution in [0.2, 0.25) is 0 Å². The minimum absolute atomic E-state index is 0.000268. The van der Waals surface area contributed by atoms with Gasteiger partial charge in [0.25, 0.3) is 0 Å². The monoisotopic (exact) mass is 325 g/mol. The number of sulfonamides is 1. The van der Waals surface area contributed by atoms with Crippen molar-refractivity contribution < 1.29 is 13.2 Å². The predicted octanol–water partition coefficient (Wildman–Crippen LogP) is 3.85. The minimum Gasteiger partial charge on any atom is -0.457 e. The molecule has 2 aromatic carbocycles. The Labute approximate surface area is 129 Å². The van der Waals surface area contributed by atoms with E-state index in [2.05, 4.69) is 4.72 Å². The van der Waals surface area contributed by atoms with Crippen molar-refractivity contribution in [3.05, 3.63) is 54.6 Å². The topological polar surface area (TPSA) is 55.4 Å². The molecule has 0 aliphatic heterocycles. The maximum Gasteiger partial charge on any atom is 0.232 e. The van der Waals surface area contributed by atoms with E-state index in [4.69, 9.17) is 16.3 Å². The van der Waals surface area contributed by atoms with Crippen molar-refractivity contribution in [3.63, 3.8) is 0 Å². The fraction of sp³-hybridized carbons (Fsp3) is 0.200. The maximum absolute atomic E-state index is 11.8. The van der Waals surface area contributed by atoms with Gasteiger partial charge in [0.1, 0.15) is 11.5 Å². The van der Waals surface area contributed by atoms with Gasteiger partial charge in [0, 0.05) is 11.9 Å². The van der Waals surface area contributed by atoms with Gasteiger partial charge in [0.15, 0.2) is 0 Å². The number of rotatable bonds is 7. The molecule has 0 amide bonds. The van der Waals surface area contributed by atoms with Gasteiger partial charge in [-0.05, 0) is 30.7 Å². The summed E-state index contributed by atoms with van der Waals surface area (Å²) in [5, 5.41) is 0. The molecule has 1 N–H and O–H groups in total. The predicted molar refractivity (Wildman–Crippen MR) is 85.7 cm³/mol. The summed E-state index contributed by atoms with van der Waals surface area (Å²) in [6.07, 6.45) is 0.414. The Bertz CT molecular complexity index is 674. The van der Waals surface area contributed by atoms with Crippen LogP contribution >= 0.6 is 11.6 Å². The third-order valence-electron chi connectivity index (χ3n) is 2.63. The van der Waals surface area contributed by atoms with Gasteiger partial charge in [-0.1, -0.05) is 24.3 Å². The molecule has 0 aromatic heterocycles. The zero-order chi connectivity index (χ0) is 15.1. The van der Waals surface area contributed by atoms with E-state index in [-0.39, 0.29) is 5.75 Å². The summed E-state index contributed by atoms with van der Waals surface area (Å²) in [7, 11) is -3.38. The van der Waals surface area contributed by atoms with Crippen LogP contribution in [0.25, 0.3) is 0 Å². The summed E-state index contributed by atoms with van der Waals surface area (Å²) in [5.41, 5.74) is 0.470. The Morgan fingerprint density at radius 2 is 1.71 bits per heavy atom. The van der Waals surface area contributed by atoms with Crippen molar-refractivity contribution in [2.75, 3.05) is 16.4 Å². The first-order chi connectivity index (χ1) is 10.1. The van der Waals surface area contributed by atoms with E-state index >= 15 is 0 Å². The van der Waals surface area contributed by atoms with Crippen molar-refractivity contribution >= 4 is 27.3 Å². The number of ether oxygens (including phenoxy) is 1. The number of anilines is 1. The number of hydrogen-bond donors (Lipinski definition) is 1. The van der Waals surface area contributed by atoms with Crippen molar-refractivity contribution in [1.82, 2.24) is 0 Å². The average molecular weight is 326 g/mol. The van der Waals surface area contributed by atoms with Gasteiger partial charge in [-0.15, -0.1) is 11.6 Å². The van der Waals surface area contributed by atoms with Crippen LogP contribution in [0.3, 0.4) is 0 Å². The van der Waals surface area contributed by atoms with Crippen LogP contribution < -0.4 is 9.46 Å². The van der Waals surface area contributed by atoms with Crippen LogP contribution in [0.1, 0.15) is 6.42 Å². The standard InChI is InChI=1S/C15H16ClNO3S/c16-10-5-11-21(18,19)17-13-6-4-9-15(12-13)20-14-7-2-1-3-8-14/h1-4,6-9,12,17H,5,10-11H2. The van der Waals surface area contributed by atoms with Crippen LogP contribution in [0.15, 0.2) is 54.6 Å². The first-order valence-corrected chi connectivity index (χ1v) is 8.67. The Kier molecular flexibility index (Phi) is 5.47. The number of hydrogen-bond acceptors (Lipinski definition) is 3. The molecule has 6 heteroatoms. The van der Waals surface area contributed by atoms with Crippen LogP contribution in [-0.2, 0) is 10.0 Å². The van der Waals surface area contributed by atoms with Gasteiger partial charge in [0.2, 0.25) is 10.0 Å². The second-order valence-corrected chi connectivity index (χ2v) is 6.63. The van der Waals surface area contributed by atoms with Crippen molar-refractivity contribution in [2.45, 2.75) is 6.42 Å². The Morgan fingerprint density at radius 3 is 2.43 bits per heavy atom. The van der Waals surface area contributed by atoms with Crippen LogP contribution in [-0.4, -0.2) is 20.1 Å². The molecule has 0 saturated carbocycles. The van der Waals surface area contributed by atoms with Gasteiger partial charge in [-0.25, -0.2) is 8.42 Å². The molecule has 0 fully saturated rings. The summed E-state index contributed by atoms with van der Waals surface area (Å²) >= 11 is 5.51. The van der Waals surface area contributed by atoms with Crippen molar-refractivity contribution in [2.24, 2.45) is 0 Å². The zero-order valence-corrected chi connectivity index (χ0v) is 12.9. The molecule has 4 nitrogen and oxygen atoms in total. The summed E-state index contributed by atoms with van der Waals surface area (Å²) in [5.74, 6) is 1.58. The van der Waals surface area contributed by atoms with Gasteiger partial charge >= 0.3 is 0 Å². The molecule has 2 aromatic rings. The molecule has 0 heterocycles. The number of nitrogens with one attached hydrogen (secondary N) is 1. The lowest BCUT2D eigenvalue weighted by molar-refractivity contribution is 0.483. The lowest BCUT2D eigenvalue weighted by Crippen LogP contribution is -2.16. The molecule has 21 heavy (non-hydrogen) atoms. The SMILES string of the molecule is O=S(=O)(CCCCl)Nc1cccc(Oc2ccccc2)c1. The Balaban J connectivity index is 2.07. The highest BCUT2D eigenvalue weighted by atomic mass is 35.5.